The lowest BCUT2D eigenvalue weighted by atomic mass is 10.0. The number of nitrogens with zero attached hydrogens (tertiary/aromatic N) is 1. The van der Waals surface area contributed by atoms with Gasteiger partial charge in [-0.3, -0.25) is 0 Å². The minimum absolute atomic E-state index is 0.123. The number of rotatable bonds is 17. The van der Waals surface area contributed by atoms with Gasteiger partial charge in [-0.25, -0.2) is 0 Å². The molecule has 3 heteroatoms. The Labute approximate surface area is 145 Å². The van der Waals surface area contributed by atoms with Crippen LogP contribution in [-0.4, -0.2) is 37.6 Å². The maximum Gasteiger partial charge on any atom is 0.119 e. The van der Waals surface area contributed by atoms with Crippen molar-refractivity contribution in [2.75, 3.05) is 27.2 Å². The standard InChI is InChI=1S/C20H41NO2/c1-4-5-6-7-8-9-10-11-12-13-14-15-16-17-18-21(2,3)19-20(22)23/h4-19H2,1-3H3. The maximum atomic E-state index is 10.6. The molecule has 0 aliphatic rings. The average Bonchev–Trinajstić information content (AvgIpc) is 2.46. The normalized spacial score (nSPS) is 11.8. The van der Waals surface area contributed by atoms with Gasteiger partial charge in [0.05, 0.1) is 26.6 Å². The third-order valence-electron chi connectivity index (χ3n) is 4.67. The van der Waals surface area contributed by atoms with Gasteiger partial charge >= 0.3 is 0 Å². The van der Waals surface area contributed by atoms with Crippen molar-refractivity contribution in [2.24, 2.45) is 0 Å². The molecule has 0 radical (unpaired) electrons. The van der Waals surface area contributed by atoms with E-state index in [0.717, 1.165) is 13.0 Å². The van der Waals surface area contributed by atoms with Crippen LogP contribution in [0, 0.1) is 0 Å². The molecule has 0 aliphatic heterocycles. The summed E-state index contributed by atoms with van der Waals surface area (Å²) in [6.07, 6.45) is 19.0. The van der Waals surface area contributed by atoms with Crippen molar-refractivity contribution in [2.45, 2.75) is 96.8 Å². The summed E-state index contributed by atoms with van der Waals surface area (Å²) in [4.78, 5) is 10.6. The lowest BCUT2D eigenvalue weighted by Crippen LogP contribution is -2.48. The Hall–Kier alpha value is -0.570. The van der Waals surface area contributed by atoms with Crippen LogP contribution >= 0.6 is 0 Å². The zero-order valence-electron chi connectivity index (χ0n) is 16.1. The van der Waals surface area contributed by atoms with Gasteiger partial charge < -0.3 is 14.4 Å². The van der Waals surface area contributed by atoms with E-state index < -0.39 is 5.97 Å². The first-order chi connectivity index (χ1) is 11.0. The van der Waals surface area contributed by atoms with E-state index in [9.17, 15) is 9.90 Å². The Bertz CT molecular complexity index is 277. The number of carbonyl (C=O) groups is 1. The number of carboxylic acid groups (broad SMARTS) is 1. The third-order valence-corrected chi connectivity index (χ3v) is 4.67. The summed E-state index contributed by atoms with van der Waals surface area (Å²) in [7, 11) is 3.94. The van der Waals surface area contributed by atoms with Crippen molar-refractivity contribution < 1.29 is 14.4 Å². The van der Waals surface area contributed by atoms with Crippen molar-refractivity contribution in [3.8, 4) is 0 Å². The number of quaternary nitrogens is 1. The highest BCUT2D eigenvalue weighted by molar-refractivity contribution is 5.65. The molecule has 0 saturated carbocycles. The second-order valence-electron chi connectivity index (χ2n) is 7.79. The van der Waals surface area contributed by atoms with Crippen LogP contribution < -0.4 is 5.11 Å². The molecule has 0 amide bonds. The van der Waals surface area contributed by atoms with E-state index in [1.54, 1.807) is 0 Å². The highest BCUT2D eigenvalue weighted by Crippen LogP contribution is 2.13. The van der Waals surface area contributed by atoms with Gasteiger partial charge in [0, 0.05) is 0 Å². The molecule has 3 nitrogen and oxygen atoms in total. The third kappa shape index (κ3) is 17.6. The van der Waals surface area contributed by atoms with Crippen molar-refractivity contribution in [1.82, 2.24) is 0 Å². The Balaban J connectivity index is 3.20. The quantitative estimate of drug-likeness (QED) is 0.295. The van der Waals surface area contributed by atoms with E-state index >= 15 is 0 Å². The SMILES string of the molecule is CCCCCCCCCCCCCCCC[N+](C)(C)CC(=O)[O-]. The van der Waals surface area contributed by atoms with Crippen molar-refractivity contribution in [3.05, 3.63) is 0 Å². The number of aliphatic carboxylic acids is 1. The summed E-state index contributed by atoms with van der Waals surface area (Å²) < 4.78 is 0.542. The van der Waals surface area contributed by atoms with E-state index in [1.807, 2.05) is 14.1 Å². The lowest BCUT2D eigenvalue weighted by molar-refractivity contribution is -0.885. The van der Waals surface area contributed by atoms with Gasteiger partial charge in [-0.1, -0.05) is 84.0 Å². The van der Waals surface area contributed by atoms with E-state index in [4.69, 9.17) is 0 Å². The number of unbranched alkanes of at least 4 members (excludes halogenated alkanes) is 13. The Morgan fingerprint density at radius 1 is 0.696 bits per heavy atom. The second-order valence-corrected chi connectivity index (χ2v) is 7.79. The van der Waals surface area contributed by atoms with Gasteiger partial charge in [0.15, 0.2) is 0 Å². The summed E-state index contributed by atoms with van der Waals surface area (Å²) in [6, 6.07) is 0. The minimum atomic E-state index is -0.944. The maximum absolute atomic E-state index is 10.6. The van der Waals surface area contributed by atoms with Crippen LogP contribution in [0.25, 0.3) is 0 Å². The molecule has 0 atom stereocenters. The van der Waals surface area contributed by atoms with E-state index in [1.165, 1.54) is 83.5 Å². The zero-order valence-corrected chi connectivity index (χ0v) is 16.1. The summed E-state index contributed by atoms with van der Waals surface area (Å²) in [5.41, 5.74) is 0. The van der Waals surface area contributed by atoms with Crippen molar-refractivity contribution in [3.63, 3.8) is 0 Å². The molecule has 0 unspecified atom stereocenters. The molecule has 0 heterocycles. The van der Waals surface area contributed by atoms with Gasteiger partial charge in [-0.05, 0) is 12.8 Å². The van der Waals surface area contributed by atoms with Crippen LogP contribution in [0.5, 0.6) is 0 Å². The highest BCUT2D eigenvalue weighted by Gasteiger charge is 2.14. The number of hydrogen-bond donors (Lipinski definition) is 0. The minimum Gasteiger partial charge on any atom is -0.544 e. The molecule has 138 valence electrons. The molecule has 0 N–H and O–H groups in total. The molecule has 0 spiro atoms. The highest BCUT2D eigenvalue weighted by atomic mass is 16.4. The van der Waals surface area contributed by atoms with Gasteiger partial charge in [-0.15, -0.1) is 0 Å². The average molecular weight is 328 g/mol. The second kappa shape index (κ2) is 15.0. The monoisotopic (exact) mass is 327 g/mol. The van der Waals surface area contributed by atoms with E-state index in [0.29, 0.717) is 4.48 Å². The molecular formula is C20H41NO2. The summed E-state index contributed by atoms with van der Waals surface area (Å²) in [5.74, 6) is -0.944. The number of carbonyl (C=O) groups excluding carboxylic acids is 1. The smallest absolute Gasteiger partial charge is 0.119 e. The zero-order chi connectivity index (χ0) is 17.4. The molecular weight excluding hydrogens is 286 g/mol. The Kier molecular flexibility index (Phi) is 14.6. The predicted octanol–water partition coefficient (Wildman–Crippen LogP) is 4.29. The lowest BCUT2D eigenvalue weighted by Gasteiger charge is -2.30. The van der Waals surface area contributed by atoms with Crippen LogP contribution in [0.1, 0.15) is 96.8 Å². The molecule has 0 fully saturated rings. The van der Waals surface area contributed by atoms with Gasteiger partial charge in [-0.2, -0.15) is 0 Å². The molecule has 0 aromatic carbocycles. The molecule has 23 heavy (non-hydrogen) atoms. The molecule has 0 aromatic rings. The Morgan fingerprint density at radius 2 is 1.04 bits per heavy atom. The fourth-order valence-corrected chi connectivity index (χ4v) is 3.16. The number of carboxylic acids is 1. The van der Waals surface area contributed by atoms with E-state index in [2.05, 4.69) is 6.92 Å². The first kappa shape index (κ1) is 22.4. The largest absolute Gasteiger partial charge is 0.544 e. The van der Waals surface area contributed by atoms with Crippen LogP contribution in [-0.2, 0) is 4.79 Å². The van der Waals surface area contributed by atoms with Crippen LogP contribution in [0.4, 0.5) is 0 Å². The first-order valence-electron chi connectivity index (χ1n) is 10.00. The van der Waals surface area contributed by atoms with Crippen LogP contribution in [0.15, 0.2) is 0 Å². The summed E-state index contributed by atoms with van der Waals surface area (Å²) in [5, 5.41) is 10.6. The summed E-state index contributed by atoms with van der Waals surface area (Å²) >= 11 is 0. The molecule has 0 rings (SSSR count). The summed E-state index contributed by atoms with van der Waals surface area (Å²) in [6.45, 7) is 3.33. The fraction of sp³-hybridized carbons (Fsp3) is 0.950. The number of hydrogen-bond acceptors (Lipinski definition) is 2. The van der Waals surface area contributed by atoms with Crippen LogP contribution in [0.2, 0.25) is 0 Å². The van der Waals surface area contributed by atoms with Crippen molar-refractivity contribution in [1.29, 1.82) is 0 Å². The molecule has 0 saturated heterocycles. The Morgan fingerprint density at radius 3 is 1.39 bits per heavy atom. The number of likely N-dealkylation sites (N-methyl/N-ethyl adjacent to an activating group) is 1. The predicted molar refractivity (Wildman–Crippen MR) is 97.2 cm³/mol. The van der Waals surface area contributed by atoms with E-state index in [-0.39, 0.29) is 6.54 Å². The molecule has 0 bridgehead atoms. The van der Waals surface area contributed by atoms with Crippen molar-refractivity contribution >= 4 is 5.97 Å². The molecule has 0 aliphatic carbocycles. The topological polar surface area (TPSA) is 40.1 Å². The van der Waals surface area contributed by atoms with Gasteiger partial charge in [0.25, 0.3) is 0 Å². The first-order valence-corrected chi connectivity index (χ1v) is 10.00. The van der Waals surface area contributed by atoms with Gasteiger partial charge in [0.2, 0.25) is 0 Å². The van der Waals surface area contributed by atoms with Crippen LogP contribution in [0.3, 0.4) is 0 Å². The van der Waals surface area contributed by atoms with Gasteiger partial charge in [0.1, 0.15) is 6.54 Å². The fourth-order valence-electron chi connectivity index (χ4n) is 3.16. The molecule has 0 aromatic heterocycles.